The second-order valence-corrected chi connectivity index (χ2v) is 6.28. The largest absolute Gasteiger partial charge is 0.452 e. The van der Waals surface area contributed by atoms with Crippen LogP contribution in [0.1, 0.15) is 49.9 Å². The summed E-state index contributed by atoms with van der Waals surface area (Å²) in [6, 6.07) is 8.29. The van der Waals surface area contributed by atoms with Crippen molar-refractivity contribution in [1.29, 1.82) is 0 Å². The van der Waals surface area contributed by atoms with Gasteiger partial charge in [0.05, 0.1) is 0 Å². The molecule has 2 aromatic rings. The number of nitrogens with one attached hydrogen (secondary N) is 1. The molecule has 1 atom stereocenters. The van der Waals surface area contributed by atoms with E-state index in [9.17, 15) is 14.4 Å². The Morgan fingerprint density at radius 2 is 2.00 bits per heavy atom. The lowest BCUT2D eigenvalue weighted by Gasteiger charge is -2.15. The van der Waals surface area contributed by atoms with Gasteiger partial charge in [-0.2, -0.15) is 0 Å². The molecule has 140 valence electrons. The molecule has 1 N–H and O–H groups in total. The zero-order chi connectivity index (χ0) is 18.9. The van der Waals surface area contributed by atoms with Crippen molar-refractivity contribution in [3.63, 3.8) is 0 Å². The van der Waals surface area contributed by atoms with E-state index in [1.165, 1.54) is 6.07 Å². The minimum atomic E-state index is -0.863. The van der Waals surface area contributed by atoms with Gasteiger partial charge in [-0.15, -0.1) is 0 Å². The molecular formula is C20H25NO5. The van der Waals surface area contributed by atoms with Crippen LogP contribution >= 0.6 is 0 Å². The van der Waals surface area contributed by atoms with Gasteiger partial charge in [0.15, 0.2) is 6.61 Å². The molecule has 1 amide bonds. The molecule has 0 spiro atoms. The van der Waals surface area contributed by atoms with Gasteiger partial charge in [0.2, 0.25) is 0 Å². The molecule has 0 bridgehead atoms. The molecular weight excluding hydrogens is 334 g/mol. The van der Waals surface area contributed by atoms with Crippen LogP contribution in [0.15, 0.2) is 39.5 Å². The summed E-state index contributed by atoms with van der Waals surface area (Å²) in [7, 11) is 0. The highest BCUT2D eigenvalue weighted by molar-refractivity contribution is 5.94. The standard InChI is InChI=1S/C20H25NO5/c1-3-5-8-14(4-2)12-21-18(22)13-25-19(23)16-11-15-9-6-7-10-17(15)26-20(16)24/h6-7,9-11,14H,3-5,8,12-13H2,1-2H3,(H,21,22)/t14-/m1/s1. The average Bonchev–Trinajstić information content (AvgIpc) is 2.65. The average molecular weight is 359 g/mol. The number of ether oxygens (including phenoxy) is 1. The number of benzene rings is 1. The van der Waals surface area contributed by atoms with E-state index in [4.69, 9.17) is 9.15 Å². The van der Waals surface area contributed by atoms with Crippen molar-refractivity contribution in [2.45, 2.75) is 39.5 Å². The van der Waals surface area contributed by atoms with Crippen LogP contribution in [0.5, 0.6) is 0 Å². The summed E-state index contributed by atoms with van der Waals surface area (Å²) >= 11 is 0. The number of carbonyl (C=O) groups excluding carboxylic acids is 2. The summed E-state index contributed by atoms with van der Waals surface area (Å²) in [5, 5.41) is 3.39. The van der Waals surface area contributed by atoms with Crippen molar-refractivity contribution >= 4 is 22.8 Å². The smallest absolute Gasteiger partial charge is 0.351 e. The molecule has 1 heterocycles. The van der Waals surface area contributed by atoms with Crippen molar-refractivity contribution in [2.24, 2.45) is 5.92 Å². The van der Waals surface area contributed by atoms with Gasteiger partial charge >= 0.3 is 11.6 Å². The first-order valence-corrected chi connectivity index (χ1v) is 9.01. The monoisotopic (exact) mass is 359 g/mol. The van der Waals surface area contributed by atoms with Gasteiger partial charge in [0, 0.05) is 11.9 Å². The summed E-state index contributed by atoms with van der Waals surface area (Å²) in [6.45, 7) is 4.36. The van der Waals surface area contributed by atoms with Crippen LogP contribution in [0, 0.1) is 5.92 Å². The lowest BCUT2D eigenvalue weighted by Crippen LogP contribution is -2.33. The third kappa shape index (κ3) is 5.44. The Morgan fingerprint density at radius 1 is 1.23 bits per heavy atom. The number of esters is 1. The quantitative estimate of drug-likeness (QED) is 0.548. The lowest BCUT2D eigenvalue weighted by molar-refractivity contribution is -0.124. The normalized spacial score (nSPS) is 11.9. The molecule has 0 aliphatic carbocycles. The van der Waals surface area contributed by atoms with Gasteiger partial charge in [-0.25, -0.2) is 9.59 Å². The predicted octanol–water partition coefficient (Wildman–Crippen LogP) is 3.28. The Balaban J connectivity index is 1.89. The maximum atomic E-state index is 12.1. The first-order chi connectivity index (χ1) is 12.5. The summed E-state index contributed by atoms with van der Waals surface area (Å²) in [4.78, 5) is 35.9. The van der Waals surface area contributed by atoms with Crippen molar-refractivity contribution in [1.82, 2.24) is 5.32 Å². The number of fused-ring (bicyclic) bond motifs is 1. The fourth-order valence-corrected chi connectivity index (χ4v) is 2.67. The second-order valence-electron chi connectivity index (χ2n) is 6.28. The van der Waals surface area contributed by atoms with Gasteiger partial charge < -0.3 is 14.5 Å². The first kappa shape index (κ1) is 19.7. The molecule has 6 heteroatoms. The maximum absolute atomic E-state index is 12.1. The minimum Gasteiger partial charge on any atom is -0.452 e. The third-order valence-electron chi connectivity index (χ3n) is 4.33. The van der Waals surface area contributed by atoms with Gasteiger partial charge in [0.25, 0.3) is 5.91 Å². The van der Waals surface area contributed by atoms with Crippen LogP contribution in [0.25, 0.3) is 11.0 Å². The van der Waals surface area contributed by atoms with Crippen LogP contribution in [-0.2, 0) is 9.53 Å². The van der Waals surface area contributed by atoms with Crippen LogP contribution in [-0.4, -0.2) is 25.0 Å². The Morgan fingerprint density at radius 3 is 2.73 bits per heavy atom. The highest BCUT2D eigenvalue weighted by atomic mass is 16.5. The van der Waals surface area contributed by atoms with Crippen LogP contribution < -0.4 is 10.9 Å². The molecule has 0 aliphatic rings. The van der Waals surface area contributed by atoms with Gasteiger partial charge in [-0.3, -0.25) is 4.79 Å². The van der Waals surface area contributed by atoms with Gasteiger partial charge in [-0.1, -0.05) is 51.3 Å². The van der Waals surface area contributed by atoms with Crippen molar-refractivity contribution < 1.29 is 18.7 Å². The van der Waals surface area contributed by atoms with E-state index in [0.29, 0.717) is 23.4 Å². The zero-order valence-electron chi connectivity index (χ0n) is 15.2. The topological polar surface area (TPSA) is 85.6 Å². The number of unbranched alkanes of at least 4 members (excludes halogenated alkanes) is 1. The van der Waals surface area contributed by atoms with Gasteiger partial charge in [0.1, 0.15) is 11.1 Å². The Labute approximate surface area is 152 Å². The van der Waals surface area contributed by atoms with Crippen LogP contribution in [0.4, 0.5) is 0 Å². The predicted molar refractivity (Wildman–Crippen MR) is 99.1 cm³/mol. The molecule has 0 aliphatic heterocycles. The van der Waals surface area contributed by atoms with Crippen LogP contribution in [0.2, 0.25) is 0 Å². The fourth-order valence-electron chi connectivity index (χ4n) is 2.67. The molecule has 2 rings (SSSR count). The summed E-state index contributed by atoms with van der Waals surface area (Å²) in [5.41, 5.74) is -0.602. The molecule has 0 saturated carbocycles. The molecule has 0 radical (unpaired) electrons. The SMILES string of the molecule is CCCC[C@@H](CC)CNC(=O)COC(=O)c1cc2ccccc2oc1=O. The number of rotatable bonds is 9. The fraction of sp³-hybridized carbons (Fsp3) is 0.450. The molecule has 0 saturated heterocycles. The number of hydrogen-bond donors (Lipinski definition) is 1. The molecule has 0 unspecified atom stereocenters. The van der Waals surface area contributed by atoms with E-state index in [0.717, 1.165) is 25.7 Å². The van der Waals surface area contributed by atoms with E-state index < -0.39 is 18.2 Å². The van der Waals surface area contributed by atoms with E-state index >= 15 is 0 Å². The third-order valence-corrected chi connectivity index (χ3v) is 4.33. The summed E-state index contributed by atoms with van der Waals surface area (Å²) in [5.74, 6) is -0.821. The highest BCUT2D eigenvalue weighted by Gasteiger charge is 2.17. The minimum absolute atomic E-state index is 0.217. The zero-order valence-corrected chi connectivity index (χ0v) is 15.2. The molecule has 1 aromatic heterocycles. The lowest BCUT2D eigenvalue weighted by atomic mass is 9.99. The maximum Gasteiger partial charge on any atom is 0.351 e. The highest BCUT2D eigenvalue weighted by Crippen LogP contribution is 2.13. The molecule has 26 heavy (non-hydrogen) atoms. The Kier molecular flexibility index (Phi) is 7.38. The second kappa shape index (κ2) is 9.75. The van der Waals surface area contributed by atoms with E-state index in [2.05, 4.69) is 19.2 Å². The van der Waals surface area contributed by atoms with Gasteiger partial charge in [-0.05, 0) is 24.5 Å². The van der Waals surface area contributed by atoms with E-state index in [-0.39, 0.29) is 11.5 Å². The number of carbonyl (C=O) groups is 2. The van der Waals surface area contributed by atoms with Crippen molar-refractivity contribution in [2.75, 3.05) is 13.2 Å². The van der Waals surface area contributed by atoms with E-state index in [1.807, 2.05) is 0 Å². The summed E-state index contributed by atoms with van der Waals surface area (Å²) in [6.07, 6.45) is 4.29. The number of hydrogen-bond acceptors (Lipinski definition) is 5. The molecule has 6 nitrogen and oxygen atoms in total. The Bertz CT molecular complexity index is 811. The van der Waals surface area contributed by atoms with Crippen molar-refractivity contribution in [3.05, 3.63) is 46.3 Å². The number of para-hydroxylation sites is 1. The van der Waals surface area contributed by atoms with E-state index in [1.54, 1.807) is 24.3 Å². The first-order valence-electron chi connectivity index (χ1n) is 9.01. The summed E-state index contributed by atoms with van der Waals surface area (Å²) < 4.78 is 10.1. The Hall–Kier alpha value is -2.63. The molecule has 0 fully saturated rings. The van der Waals surface area contributed by atoms with Crippen molar-refractivity contribution in [3.8, 4) is 0 Å². The molecule has 1 aromatic carbocycles. The van der Waals surface area contributed by atoms with Crippen LogP contribution in [0.3, 0.4) is 0 Å². The number of amides is 1.